The molecule has 1 aromatic heterocycles. The molecule has 2 aliphatic heterocycles. The number of aromatic nitrogens is 1. The summed E-state index contributed by atoms with van der Waals surface area (Å²) >= 11 is 0. The van der Waals surface area contributed by atoms with Crippen LogP contribution >= 0.6 is 0 Å². The maximum Gasteiger partial charge on any atom is 0.274 e. The lowest BCUT2D eigenvalue weighted by Crippen LogP contribution is -2.48. The molecular formula is C21H27N3O3. The van der Waals surface area contributed by atoms with Crippen LogP contribution in [0.15, 0.2) is 28.8 Å². The van der Waals surface area contributed by atoms with E-state index in [1.165, 1.54) is 12.8 Å². The van der Waals surface area contributed by atoms with Gasteiger partial charge in [0.2, 0.25) is 0 Å². The van der Waals surface area contributed by atoms with E-state index in [0.29, 0.717) is 29.1 Å². The van der Waals surface area contributed by atoms with Crippen molar-refractivity contribution < 1.29 is 14.1 Å². The molecule has 27 heavy (non-hydrogen) atoms. The Balaban J connectivity index is 1.42. The number of piperidine rings is 1. The summed E-state index contributed by atoms with van der Waals surface area (Å²) in [6.45, 7) is 4.10. The first-order valence-corrected chi connectivity index (χ1v) is 9.68. The summed E-state index contributed by atoms with van der Waals surface area (Å²) in [6.07, 6.45) is 4.47. The highest BCUT2D eigenvalue weighted by Crippen LogP contribution is 2.34. The number of hydrogen-bond acceptors (Lipinski definition) is 5. The van der Waals surface area contributed by atoms with Crippen LogP contribution in [0.1, 0.15) is 53.1 Å². The lowest BCUT2D eigenvalue weighted by molar-refractivity contribution is 0.0871. The number of aryl methyl sites for hydroxylation is 2. The fourth-order valence-corrected chi connectivity index (χ4v) is 4.38. The molecule has 1 aromatic carbocycles. The second kappa shape index (κ2) is 7.35. The van der Waals surface area contributed by atoms with Gasteiger partial charge < -0.3 is 19.5 Å². The van der Waals surface area contributed by atoms with E-state index in [9.17, 15) is 4.79 Å². The SMILES string of the molecule is Cc1cccc(OCc2c(C(=O)NC3CC4CCC(C3)N4C)noc2C)c1. The molecule has 1 N–H and O–H groups in total. The predicted molar refractivity (Wildman–Crippen MR) is 102 cm³/mol. The number of benzene rings is 1. The number of rotatable bonds is 5. The molecule has 4 rings (SSSR count). The number of hydrogen-bond donors (Lipinski definition) is 1. The van der Waals surface area contributed by atoms with Crippen molar-refractivity contribution in [1.29, 1.82) is 0 Å². The highest BCUT2D eigenvalue weighted by molar-refractivity contribution is 5.94. The normalized spacial score (nSPS) is 24.8. The number of carbonyl (C=O) groups excluding carboxylic acids is 1. The van der Waals surface area contributed by atoms with E-state index in [4.69, 9.17) is 9.26 Å². The van der Waals surface area contributed by atoms with Gasteiger partial charge in [0.05, 0.1) is 5.56 Å². The van der Waals surface area contributed by atoms with E-state index in [0.717, 1.165) is 24.2 Å². The van der Waals surface area contributed by atoms with E-state index < -0.39 is 0 Å². The first-order valence-electron chi connectivity index (χ1n) is 9.68. The minimum Gasteiger partial charge on any atom is -0.489 e. The maximum absolute atomic E-state index is 12.8. The van der Waals surface area contributed by atoms with Gasteiger partial charge in [-0.15, -0.1) is 0 Å². The van der Waals surface area contributed by atoms with Crippen LogP contribution in [-0.4, -0.2) is 41.1 Å². The Morgan fingerprint density at radius 3 is 2.74 bits per heavy atom. The lowest BCUT2D eigenvalue weighted by atomic mass is 9.98. The summed E-state index contributed by atoms with van der Waals surface area (Å²) < 4.78 is 11.2. The molecule has 3 heterocycles. The standard InChI is InChI=1S/C21H27N3O3/c1-13-5-4-6-18(9-13)26-12-19-14(2)27-23-20(19)21(25)22-15-10-16-7-8-17(11-15)24(16)3/h4-6,9,15-17H,7-8,10-12H2,1-3H3,(H,22,25). The molecule has 2 atom stereocenters. The van der Waals surface area contributed by atoms with Crippen molar-refractivity contribution in [1.82, 2.24) is 15.4 Å². The van der Waals surface area contributed by atoms with Crippen molar-refractivity contribution in [3.05, 3.63) is 46.8 Å². The zero-order valence-corrected chi connectivity index (χ0v) is 16.2. The third kappa shape index (κ3) is 3.72. The topological polar surface area (TPSA) is 67.6 Å². The van der Waals surface area contributed by atoms with Crippen molar-refractivity contribution in [3.63, 3.8) is 0 Å². The first kappa shape index (κ1) is 18.0. The molecule has 6 nitrogen and oxygen atoms in total. The monoisotopic (exact) mass is 369 g/mol. The highest BCUT2D eigenvalue weighted by atomic mass is 16.5. The second-order valence-corrected chi connectivity index (χ2v) is 7.86. The second-order valence-electron chi connectivity index (χ2n) is 7.86. The third-order valence-corrected chi connectivity index (χ3v) is 6.01. The van der Waals surface area contributed by atoms with Gasteiger partial charge in [-0.05, 0) is 64.3 Å². The van der Waals surface area contributed by atoms with Crippen molar-refractivity contribution in [2.45, 2.75) is 64.3 Å². The summed E-state index contributed by atoms with van der Waals surface area (Å²) in [6, 6.07) is 9.21. The summed E-state index contributed by atoms with van der Waals surface area (Å²) in [5.41, 5.74) is 2.18. The molecule has 2 unspecified atom stereocenters. The van der Waals surface area contributed by atoms with E-state index >= 15 is 0 Å². The fourth-order valence-electron chi connectivity index (χ4n) is 4.38. The van der Waals surface area contributed by atoms with E-state index in [1.54, 1.807) is 0 Å². The number of nitrogens with one attached hydrogen (secondary N) is 1. The molecule has 2 fully saturated rings. The minimum absolute atomic E-state index is 0.163. The van der Waals surface area contributed by atoms with Gasteiger partial charge in [-0.3, -0.25) is 4.79 Å². The third-order valence-electron chi connectivity index (χ3n) is 6.01. The summed E-state index contributed by atoms with van der Waals surface area (Å²) in [7, 11) is 2.20. The van der Waals surface area contributed by atoms with Crippen molar-refractivity contribution in [2.75, 3.05) is 7.05 Å². The number of ether oxygens (including phenoxy) is 1. The molecule has 6 heteroatoms. The Kier molecular flexibility index (Phi) is 4.91. The molecule has 0 saturated carbocycles. The molecule has 0 aliphatic carbocycles. The van der Waals surface area contributed by atoms with Gasteiger partial charge in [0.15, 0.2) is 5.69 Å². The lowest BCUT2D eigenvalue weighted by Gasteiger charge is -2.36. The Bertz CT molecular complexity index is 818. The molecule has 1 amide bonds. The predicted octanol–water partition coefficient (Wildman–Crippen LogP) is 3.23. The van der Waals surface area contributed by atoms with Crippen LogP contribution in [0.3, 0.4) is 0 Å². The summed E-state index contributed by atoms with van der Waals surface area (Å²) in [5.74, 6) is 1.23. The van der Waals surface area contributed by atoms with Gasteiger partial charge in [-0.25, -0.2) is 0 Å². The molecular weight excluding hydrogens is 342 g/mol. The number of fused-ring (bicyclic) bond motifs is 2. The van der Waals surface area contributed by atoms with Crippen LogP contribution in [0, 0.1) is 13.8 Å². The zero-order valence-electron chi connectivity index (χ0n) is 16.2. The zero-order chi connectivity index (χ0) is 19.0. The van der Waals surface area contributed by atoms with Crippen LogP contribution in [0.2, 0.25) is 0 Å². The quantitative estimate of drug-likeness (QED) is 0.876. The summed E-state index contributed by atoms with van der Waals surface area (Å²) in [5, 5.41) is 7.18. The van der Waals surface area contributed by atoms with E-state index in [1.807, 2.05) is 38.1 Å². The van der Waals surface area contributed by atoms with E-state index in [2.05, 4.69) is 22.4 Å². The first-order chi connectivity index (χ1) is 13.0. The average Bonchev–Trinajstić information content (AvgIpc) is 3.08. The maximum atomic E-state index is 12.8. The van der Waals surface area contributed by atoms with Crippen LogP contribution in [0.5, 0.6) is 5.75 Å². The largest absolute Gasteiger partial charge is 0.489 e. The smallest absolute Gasteiger partial charge is 0.274 e. The van der Waals surface area contributed by atoms with Crippen LogP contribution in [-0.2, 0) is 6.61 Å². The van der Waals surface area contributed by atoms with Crippen LogP contribution < -0.4 is 10.1 Å². The van der Waals surface area contributed by atoms with Crippen LogP contribution in [0.25, 0.3) is 0 Å². The van der Waals surface area contributed by atoms with Gasteiger partial charge in [-0.1, -0.05) is 17.3 Å². The van der Waals surface area contributed by atoms with Crippen molar-refractivity contribution >= 4 is 5.91 Å². The number of carbonyl (C=O) groups is 1. The van der Waals surface area contributed by atoms with Gasteiger partial charge in [0.25, 0.3) is 5.91 Å². The van der Waals surface area contributed by atoms with Gasteiger partial charge >= 0.3 is 0 Å². The molecule has 0 radical (unpaired) electrons. The highest BCUT2D eigenvalue weighted by Gasteiger charge is 2.39. The van der Waals surface area contributed by atoms with Gasteiger partial charge in [-0.2, -0.15) is 0 Å². The Labute approximate surface area is 159 Å². The van der Waals surface area contributed by atoms with Crippen molar-refractivity contribution in [3.8, 4) is 5.75 Å². The van der Waals surface area contributed by atoms with E-state index in [-0.39, 0.29) is 18.6 Å². The average molecular weight is 369 g/mol. The number of amides is 1. The van der Waals surface area contributed by atoms with Gasteiger partial charge in [0, 0.05) is 18.1 Å². The molecule has 2 bridgehead atoms. The molecule has 144 valence electrons. The minimum atomic E-state index is -0.163. The Hall–Kier alpha value is -2.34. The van der Waals surface area contributed by atoms with Crippen molar-refractivity contribution in [2.24, 2.45) is 0 Å². The summed E-state index contributed by atoms with van der Waals surface area (Å²) in [4.78, 5) is 15.3. The molecule has 2 aromatic rings. The van der Waals surface area contributed by atoms with Gasteiger partial charge in [0.1, 0.15) is 18.1 Å². The fraction of sp³-hybridized carbons (Fsp3) is 0.524. The molecule has 2 aliphatic rings. The van der Waals surface area contributed by atoms with Crippen LogP contribution in [0.4, 0.5) is 0 Å². The number of nitrogens with zero attached hydrogens (tertiary/aromatic N) is 2. The molecule has 0 spiro atoms. The Morgan fingerprint density at radius 2 is 2.04 bits per heavy atom. The molecule has 2 saturated heterocycles. The Morgan fingerprint density at radius 1 is 1.30 bits per heavy atom.